The first-order valence-corrected chi connectivity index (χ1v) is 7.93. The van der Waals surface area contributed by atoms with Crippen LogP contribution in [0, 0.1) is 13.8 Å². The fourth-order valence-electron chi connectivity index (χ4n) is 2.68. The maximum absolute atomic E-state index is 12.7. The molecule has 4 nitrogen and oxygen atoms in total. The van der Waals surface area contributed by atoms with E-state index in [1.807, 2.05) is 50.2 Å². The summed E-state index contributed by atoms with van der Waals surface area (Å²) in [6.45, 7) is 6.04. The number of hydrogen-bond acceptors (Lipinski definition) is 3. The Morgan fingerprint density at radius 3 is 1.92 bits per heavy atom. The zero-order valence-corrected chi connectivity index (χ0v) is 14.1. The molecule has 0 aliphatic carbocycles. The van der Waals surface area contributed by atoms with Crippen molar-refractivity contribution in [2.75, 3.05) is 16.8 Å². The number of imide groups is 1. The summed E-state index contributed by atoms with van der Waals surface area (Å²) in [5, 5.41) is 3.22. The molecule has 2 aromatic rings. The van der Waals surface area contributed by atoms with Gasteiger partial charge < -0.3 is 5.32 Å². The van der Waals surface area contributed by atoms with Crippen LogP contribution in [0.1, 0.15) is 18.1 Å². The summed E-state index contributed by atoms with van der Waals surface area (Å²) in [4.78, 5) is 26.4. The average molecular weight is 320 g/mol. The Morgan fingerprint density at radius 1 is 0.792 bits per heavy atom. The van der Waals surface area contributed by atoms with Gasteiger partial charge in [0.1, 0.15) is 0 Å². The molecule has 0 atom stereocenters. The normalized spacial score (nSPS) is 14.5. The van der Waals surface area contributed by atoms with Crippen LogP contribution in [-0.2, 0) is 9.59 Å². The highest BCUT2D eigenvalue weighted by molar-refractivity contribution is 6.32. The van der Waals surface area contributed by atoms with E-state index in [9.17, 15) is 9.59 Å². The first-order chi connectivity index (χ1) is 11.5. The summed E-state index contributed by atoms with van der Waals surface area (Å²) < 4.78 is 0. The number of carbonyl (C=O) groups is 2. The molecule has 2 aromatic carbocycles. The van der Waals surface area contributed by atoms with Crippen molar-refractivity contribution in [2.24, 2.45) is 0 Å². The van der Waals surface area contributed by atoms with E-state index in [2.05, 4.69) is 5.32 Å². The first-order valence-electron chi connectivity index (χ1n) is 7.93. The molecular formula is C20H20N2O2. The summed E-state index contributed by atoms with van der Waals surface area (Å²) in [7, 11) is 0. The second-order valence-electron chi connectivity index (χ2n) is 6.10. The van der Waals surface area contributed by atoms with E-state index in [0.29, 0.717) is 23.4 Å². The minimum atomic E-state index is -0.249. The fourth-order valence-corrected chi connectivity index (χ4v) is 2.68. The summed E-state index contributed by atoms with van der Waals surface area (Å²) in [6.07, 6.45) is 0. The number of aryl methyl sites for hydroxylation is 2. The van der Waals surface area contributed by atoms with Crippen LogP contribution in [0.25, 0.3) is 0 Å². The van der Waals surface area contributed by atoms with Gasteiger partial charge >= 0.3 is 0 Å². The smallest absolute Gasteiger partial charge is 0.263 e. The van der Waals surface area contributed by atoms with Crippen LogP contribution in [0.4, 0.5) is 11.4 Å². The van der Waals surface area contributed by atoms with Crippen molar-refractivity contribution in [3.63, 3.8) is 0 Å². The van der Waals surface area contributed by atoms with Gasteiger partial charge in [-0.05, 0) is 45.0 Å². The third-order valence-electron chi connectivity index (χ3n) is 4.25. The molecule has 0 fully saturated rings. The summed E-state index contributed by atoms with van der Waals surface area (Å²) in [5.74, 6) is -0.495. The van der Waals surface area contributed by atoms with Crippen LogP contribution in [-0.4, -0.2) is 18.4 Å². The van der Waals surface area contributed by atoms with Gasteiger partial charge in [0.05, 0.1) is 5.69 Å². The van der Waals surface area contributed by atoms with Crippen LogP contribution in [0.15, 0.2) is 59.7 Å². The third kappa shape index (κ3) is 2.95. The zero-order chi connectivity index (χ0) is 17.3. The Bertz CT molecular complexity index is 818. The van der Waals surface area contributed by atoms with Crippen molar-refractivity contribution in [3.8, 4) is 0 Å². The number of anilines is 2. The number of nitrogens with zero attached hydrogens (tertiary/aromatic N) is 1. The molecule has 0 aromatic heterocycles. The lowest BCUT2D eigenvalue weighted by atomic mass is 10.1. The van der Waals surface area contributed by atoms with E-state index in [1.54, 1.807) is 19.1 Å². The van der Waals surface area contributed by atoms with Crippen molar-refractivity contribution < 1.29 is 9.59 Å². The summed E-state index contributed by atoms with van der Waals surface area (Å²) in [5.41, 5.74) is 4.81. The molecule has 122 valence electrons. The predicted molar refractivity (Wildman–Crippen MR) is 96.0 cm³/mol. The van der Waals surface area contributed by atoms with E-state index in [1.165, 1.54) is 10.5 Å². The van der Waals surface area contributed by atoms with Crippen molar-refractivity contribution >= 4 is 23.2 Å². The van der Waals surface area contributed by atoms with Gasteiger partial charge in [0, 0.05) is 23.4 Å². The minimum absolute atomic E-state index is 0.246. The number of nitrogens with one attached hydrogen (secondary N) is 1. The van der Waals surface area contributed by atoms with Gasteiger partial charge in [0.15, 0.2) is 0 Å². The van der Waals surface area contributed by atoms with Crippen LogP contribution < -0.4 is 10.2 Å². The maximum atomic E-state index is 12.7. The Balaban J connectivity index is 1.78. The van der Waals surface area contributed by atoms with E-state index in [0.717, 1.165) is 11.3 Å². The molecule has 1 aliphatic heterocycles. The zero-order valence-electron chi connectivity index (χ0n) is 14.1. The van der Waals surface area contributed by atoms with E-state index >= 15 is 0 Å². The molecule has 4 heteroatoms. The summed E-state index contributed by atoms with van der Waals surface area (Å²) >= 11 is 0. The van der Waals surface area contributed by atoms with Crippen molar-refractivity contribution in [3.05, 3.63) is 70.8 Å². The Morgan fingerprint density at radius 2 is 1.33 bits per heavy atom. The van der Waals surface area contributed by atoms with Gasteiger partial charge in [0.2, 0.25) is 0 Å². The molecule has 1 aliphatic rings. The third-order valence-corrected chi connectivity index (χ3v) is 4.25. The molecule has 0 saturated carbocycles. The van der Waals surface area contributed by atoms with Crippen molar-refractivity contribution in [2.45, 2.75) is 20.8 Å². The van der Waals surface area contributed by atoms with Crippen LogP contribution in [0.3, 0.4) is 0 Å². The van der Waals surface area contributed by atoms with E-state index < -0.39 is 0 Å². The lowest BCUT2D eigenvalue weighted by Crippen LogP contribution is -2.32. The number of carbonyl (C=O) groups excluding carboxylic acids is 2. The van der Waals surface area contributed by atoms with Crippen LogP contribution in [0.5, 0.6) is 0 Å². The molecule has 0 spiro atoms. The highest BCUT2D eigenvalue weighted by atomic mass is 16.2. The average Bonchev–Trinajstić information content (AvgIpc) is 2.78. The predicted octanol–water partition coefficient (Wildman–Crippen LogP) is 3.61. The molecule has 1 heterocycles. The number of hydrogen-bond donors (Lipinski definition) is 1. The van der Waals surface area contributed by atoms with Crippen LogP contribution >= 0.6 is 0 Å². The standard InChI is InChI=1S/C20H20N2O2/c1-13-4-8-16(9-5-13)21-12-18-15(3)19(23)22(20(18)24)17-10-6-14(2)7-11-17/h4-11,21H,12H2,1-3H3. The molecule has 0 bridgehead atoms. The lowest BCUT2D eigenvalue weighted by Gasteiger charge is -2.15. The number of rotatable bonds is 4. The maximum Gasteiger partial charge on any atom is 0.263 e. The lowest BCUT2D eigenvalue weighted by molar-refractivity contribution is -0.120. The van der Waals surface area contributed by atoms with Crippen molar-refractivity contribution in [1.82, 2.24) is 0 Å². The highest BCUT2D eigenvalue weighted by Crippen LogP contribution is 2.27. The van der Waals surface area contributed by atoms with Gasteiger partial charge in [-0.25, -0.2) is 4.90 Å². The highest BCUT2D eigenvalue weighted by Gasteiger charge is 2.36. The monoisotopic (exact) mass is 320 g/mol. The molecule has 2 amide bonds. The molecule has 24 heavy (non-hydrogen) atoms. The van der Waals surface area contributed by atoms with E-state index in [4.69, 9.17) is 0 Å². The van der Waals surface area contributed by atoms with Gasteiger partial charge in [-0.15, -0.1) is 0 Å². The summed E-state index contributed by atoms with van der Waals surface area (Å²) in [6, 6.07) is 15.3. The Hall–Kier alpha value is -2.88. The van der Waals surface area contributed by atoms with Gasteiger partial charge in [0.25, 0.3) is 11.8 Å². The Kier molecular flexibility index (Phi) is 4.21. The second kappa shape index (κ2) is 6.32. The van der Waals surface area contributed by atoms with Gasteiger partial charge in [-0.1, -0.05) is 35.4 Å². The number of amides is 2. The fraction of sp³-hybridized carbons (Fsp3) is 0.200. The first kappa shape index (κ1) is 16.0. The van der Waals surface area contributed by atoms with Crippen LogP contribution in [0.2, 0.25) is 0 Å². The van der Waals surface area contributed by atoms with Gasteiger partial charge in [-0.3, -0.25) is 9.59 Å². The molecule has 0 radical (unpaired) electrons. The largest absolute Gasteiger partial charge is 0.381 e. The second-order valence-corrected chi connectivity index (χ2v) is 6.10. The SMILES string of the molecule is CC1=C(CNc2ccc(C)cc2)C(=O)N(c2ccc(C)cc2)C1=O. The molecule has 1 N–H and O–H groups in total. The molecule has 0 saturated heterocycles. The van der Waals surface area contributed by atoms with Gasteiger partial charge in [-0.2, -0.15) is 0 Å². The molecule has 0 unspecified atom stereocenters. The topological polar surface area (TPSA) is 49.4 Å². The molecule has 3 rings (SSSR count). The van der Waals surface area contributed by atoms with Crippen molar-refractivity contribution in [1.29, 1.82) is 0 Å². The quantitative estimate of drug-likeness (QED) is 0.876. The Labute approximate surface area is 141 Å². The minimum Gasteiger partial charge on any atom is -0.381 e. The molecular weight excluding hydrogens is 300 g/mol. The number of benzene rings is 2. The van der Waals surface area contributed by atoms with E-state index in [-0.39, 0.29) is 11.8 Å².